The predicted molar refractivity (Wildman–Crippen MR) is 102 cm³/mol. The van der Waals surface area contributed by atoms with E-state index in [0.717, 1.165) is 24.2 Å². The average Bonchev–Trinajstić information content (AvgIpc) is 2.62. The minimum Gasteiger partial charge on any atom is -0.493 e. The molecule has 0 spiro atoms. The number of hydrogen-bond acceptors (Lipinski definition) is 4. The topological polar surface area (TPSA) is 62.8 Å². The summed E-state index contributed by atoms with van der Waals surface area (Å²) in [4.78, 5) is 14.8. The maximum Gasteiger partial charge on any atom is 0.315 e. The van der Waals surface area contributed by atoms with E-state index in [2.05, 4.69) is 22.6 Å². The molecule has 2 fully saturated rings. The fourth-order valence-corrected chi connectivity index (χ4v) is 4.25. The third-order valence-corrected chi connectivity index (χ3v) is 5.66. The molecule has 1 aromatic rings. The molecule has 2 heterocycles. The molecule has 2 N–H and O–H groups in total. The molecule has 1 aromatic carbocycles. The Morgan fingerprint density at radius 3 is 2.62 bits per heavy atom. The number of carbonyl (C=O) groups excluding carboxylic acids is 1. The van der Waals surface area contributed by atoms with E-state index in [9.17, 15) is 4.79 Å². The number of fused-ring (bicyclic) bond motifs is 2. The zero-order valence-corrected chi connectivity index (χ0v) is 16.1. The second-order valence-corrected chi connectivity index (χ2v) is 7.32. The number of carbonyl (C=O) groups is 1. The largest absolute Gasteiger partial charge is 0.493 e. The summed E-state index contributed by atoms with van der Waals surface area (Å²) in [7, 11) is 3.85. The fourth-order valence-electron chi connectivity index (χ4n) is 4.25. The standard InChI is InChI=1S/C20H31N3O3/c1-4-26-18-9-8-14(10-19(18)25-3)13-21-20(24)22-15-11-16-6-5-7-17(12-15)23(16)2/h8-10,15-17H,4-7,11-13H2,1-3H3,(H2,21,22,24). The van der Waals surface area contributed by atoms with Crippen molar-refractivity contribution in [3.8, 4) is 11.5 Å². The molecule has 144 valence electrons. The van der Waals surface area contributed by atoms with Crippen molar-refractivity contribution in [2.45, 2.75) is 63.7 Å². The monoisotopic (exact) mass is 361 g/mol. The summed E-state index contributed by atoms with van der Waals surface area (Å²) in [6.45, 7) is 3.00. The van der Waals surface area contributed by atoms with Crippen LogP contribution >= 0.6 is 0 Å². The van der Waals surface area contributed by atoms with Crippen LogP contribution in [0.4, 0.5) is 4.79 Å². The van der Waals surface area contributed by atoms with Gasteiger partial charge in [-0.2, -0.15) is 0 Å². The van der Waals surface area contributed by atoms with E-state index in [1.54, 1.807) is 7.11 Å². The lowest BCUT2D eigenvalue weighted by Gasteiger charge is -2.47. The number of hydrogen-bond donors (Lipinski definition) is 2. The number of methoxy groups -OCH3 is 1. The van der Waals surface area contributed by atoms with Gasteiger partial charge in [0.1, 0.15) is 0 Å². The van der Waals surface area contributed by atoms with Gasteiger partial charge in [0.2, 0.25) is 0 Å². The lowest BCUT2D eigenvalue weighted by Crippen LogP contribution is -2.56. The van der Waals surface area contributed by atoms with Gasteiger partial charge < -0.3 is 25.0 Å². The Hall–Kier alpha value is -1.95. The van der Waals surface area contributed by atoms with Crippen molar-refractivity contribution in [2.24, 2.45) is 0 Å². The molecule has 0 aromatic heterocycles. The van der Waals surface area contributed by atoms with Crippen LogP contribution in [0, 0.1) is 0 Å². The van der Waals surface area contributed by atoms with Gasteiger partial charge in [0.25, 0.3) is 0 Å². The zero-order valence-electron chi connectivity index (χ0n) is 16.1. The van der Waals surface area contributed by atoms with E-state index >= 15 is 0 Å². The zero-order chi connectivity index (χ0) is 18.5. The van der Waals surface area contributed by atoms with Crippen LogP contribution in [0.1, 0.15) is 44.6 Å². The Morgan fingerprint density at radius 2 is 1.96 bits per heavy atom. The van der Waals surface area contributed by atoms with Crippen molar-refractivity contribution in [1.82, 2.24) is 15.5 Å². The van der Waals surface area contributed by atoms with Crippen LogP contribution < -0.4 is 20.1 Å². The highest BCUT2D eigenvalue weighted by Crippen LogP contribution is 2.32. The lowest BCUT2D eigenvalue weighted by molar-refractivity contribution is 0.0509. The summed E-state index contributed by atoms with van der Waals surface area (Å²) < 4.78 is 10.9. The predicted octanol–water partition coefficient (Wildman–Crippen LogP) is 2.91. The Kier molecular flexibility index (Phi) is 6.25. The van der Waals surface area contributed by atoms with Crippen LogP contribution in [0.25, 0.3) is 0 Å². The molecule has 2 aliphatic heterocycles. The number of ether oxygens (including phenoxy) is 2. The smallest absolute Gasteiger partial charge is 0.315 e. The van der Waals surface area contributed by atoms with Gasteiger partial charge in [0.15, 0.2) is 11.5 Å². The van der Waals surface area contributed by atoms with Gasteiger partial charge in [0, 0.05) is 24.7 Å². The molecule has 3 rings (SSSR count). The van der Waals surface area contributed by atoms with Crippen LogP contribution in [0.2, 0.25) is 0 Å². The summed E-state index contributed by atoms with van der Waals surface area (Å²) >= 11 is 0. The number of amides is 2. The van der Waals surface area contributed by atoms with Gasteiger partial charge in [-0.3, -0.25) is 0 Å². The number of benzene rings is 1. The van der Waals surface area contributed by atoms with Gasteiger partial charge in [-0.25, -0.2) is 4.79 Å². The van der Waals surface area contributed by atoms with Crippen molar-refractivity contribution in [2.75, 3.05) is 20.8 Å². The Balaban J connectivity index is 1.50. The molecule has 2 saturated heterocycles. The molecule has 6 nitrogen and oxygen atoms in total. The molecular weight excluding hydrogens is 330 g/mol. The molecule has 0 saturated carbocycles. The quantitative estimate of drug-likeness (QED) is 0.818. The van der Waals surface area contributed by atoms with Crippen molar-refractivity contribution >= 4 is 6.03 Å². The van der Waals surface area contributed by atoms with Crippen molar-refractivity contribution < 1.29 is 14.3 Å². The summed E-state index contributed by atoms with van der Waals surface area (Å²) in [6, 6.07) is 7.15. The van der Waals surface area contributed by atoms with E-state index in [-0.39, 0.29) is 12.1 Å². The molecule has 26 heavy (non-hydrogen) atoms. The SMILES string of the molecule is CCOc1ccc(CNC(=O)NC2CC3CCCC(C2)N3C)cc1OC. The van der Waals surface area contributed by atoms with E-state index in [0.29, 0.717) is 31.0 Å². The first-order valence-corrected chi connectivity index (χ1v) is 9.66. The molecule has 2 bridgehead atoms. The normalized spacial score (nSPS) is 25.4. The lowest BCUT2D eigenvalue weighted by atomic mass is 9.82. The molecule has 2 amide bonds. The summed E-state index contributed by atoms with van der Waals surface area (Å²) in [5, 5.41) is 6.13. The highest BCUT2D eigenvalue weighted by molar-refractivity contribution is 5.74. The molecule has 2 atom stereocenters. The van der Waals surface area contributed by atoms with Gasteiger partial charge in [0.05, 0.1) is 13.7 Å². The van der Waals surface area contributed by atoms with E-state index in [1.165, 1.54) is 19.3 Å². The molecule has 2 unspecified atom stereocenters. The second kappa shape index (κ2) is 8.62. The number of nitrogens with one attached hydrogen (secondary N) is 2. The minimum absolute atomic E-state index is 0.0921. The molecule has 6 heteroatoms. The minimum atomic E-state index is -0.0921. The van der Waals surface area contributed by atoms with Crippen LogP contribution in [0.5, 0.6) is 11.5 Å². The maximum absolute atomic E-state index is 12.3. The average molecular weight is 361 g/mol. The van der Waals surface area contributed by atoms with Crippen LogP contribution in [-0.4, -0.2) is 49.8 Å². The third kappa shape index (κ3) is 4.41. The summed E-state index contributed by atoms with van der Waals surface area (Å²) in [6.07, 6.45) is 5.92. The fraction of sp³-hybridized carbons (Fsp3) is 0.650. The van der Waals surface area contributed by atoms with Gasteiger partial charge in [-0.05, 0) is 57.4 Å². The Labute approximate surface area is 156 Å². The molecule has 0 radical (unpaired) electrons. The first-order chi connectivity index (χ1) is 12.6. The highest BCUT2D eigenvalue weighted by Gasteiger charge is 2.36. The van der Waals surface area contributed by atoms with Gasteiger partial charge in [-0.15, -0.1) is 0 Å². The Morgan fingerprint density at radius 1 is 1.23 bits per heavy atom. The van der Waals surface area contributed by atoms with Gasteiger partial charge >= 0.3 is 6.03 Å². The molecule has 2 aliphatic rings. The summed E-state index contributed by atoms with van der Waals surface area (Å²) in [5.41, 5.74) is 0.987. The van der Waals surface area contributed by atoms with Crippen molar-refractivity contribution in [3.63, 3.8) is 0 Å². The number of piperidine rings is 2. The van der Waals surface area contributed by atoms with E-state index in [4.69, 9.17) is 9.47 Å². The van der Waals surface area contributed by atoms with E-state index < -0.39 is 0 Å². The third-order valence-electron chi connectivity index (χ3n) is 5.66. The van der Waals surface area contributed by atoms with E-state index in [1.807, 2.05) is 25.1 Å². The second-order valence-electron chi connectivity index (χ2n) is 7.32. The van der Waals surface area contributed by atoms with Crippen molar-refractivity contribution in [3.05, 3.63) is 23.8 Å². The molecular formula is C20H31N3O3. The summed E-state index contributed by atoms with van der Waals surface area (Å²) in [5.74, 6) is 1.41. The maximum atomic E-state index is 12.3. The Bertz CT molecular complexity index is 608. The number of rotatable bonds is 6. The number of urea groups is 1. The first kappa shape index (κ1) is 18.8. The van der Waals surface area contributed by atoms with Crippen molar-refractivity contribution in [1.29, 1.82) is 0 Å². The molecule has 0 aliphatic carbocycles. The first-order valence-electron chi connectivity index (χ1n) is 9.66. The van der Waals surface area contributed by atoms with Crippen LogP contribution in [0.15, 0.2) is 18.2 Å². The van der Waals surface area contributed by atoms with Crippen LogP contribution in [0.3, 0.4) is 0 Å². The van der Waals surface area contributed by atoms with Crippen LogP contribution in [-0.2, 0) is 6.54 Å². The van der Waals surface area contributed by atoms with Gasteiger partial charge in [-0.1, -0.05) is 12.5 Å². The highest BCUT2D eigenvalue weighted by atomic mass is 16.5. The number of nitrogens with zero attached hydrogens (tertiary/aromatic N) is 1.